The van der Waals surface area contributed by atoms with Crippen molar-refractivity contribution in [1.82, 2.24) is 0 Å². The second-order valence-corrected chi connectivity index (χ2v) is 5.75. The van der Waals surface area contributed by atoms with Gasteiger partial charge in [-0.15, -0.1) is 0 Å². The summed E-state index contributed by atoms with van der Waals surface area (Å²) in [6.07, 6.45) is -1.10. The first-order valence-corrected chi connectivity index (χ1v) is 8.23. The second kappa shape index (κ2) is 7.94. The number of benzene rings is 2. The van der Waals surface area contributed by atoms with E-state index < -0.39 is 23.8 Å². The molecule has 1 aliphatic rings. The summed E-state index contributed by atoms with van der Waals surface area (Å²) < 4.78 is 34.6. The normalized spacial score (nSPS) is 13.4. The number of hydrogen-bond acceptors (Lipinski definition) is 6. The Kier molecular flexibility index (Phi) is 5.44. The lowest BCUT2D eigenvalue weighted by atomic mass is 10.1. The number of nitrogens with one attached hydrogen (secondary N) is 1. The maximum absolute atomic E-state index is 13.2. The summed E-state index contributed by atoms with van der Waals surface area (Å²) in [5.74, 6) is -0.691. The van der Waals surface area contributed by atoms with E-state index in [1.54, 1.807) is 0 Å². The summed E-state index contributed by atoms with van der Waals surface area (Å²) in [7, 11) is 1.44. The van der Waals surface area contributed by atoms with E-state index >= 15 is 0 Å². The van der Waals surface area contributed by atoms with Crippen LogP contribution in [0.25, 0.3) is 0 Å². The van der Waals surface area contributed by atoms with Crippen LogP contribution in [-0.4, -0.2) is 38.3 Å². The fraction of sp³-hybridized carbons (Fsp3) is 0.263. The van der Waals surface area contributed by atoms with Crippen LogP contribution in [0.4, 0.5) is 10.1 Å². The molecule has 27 heavy (non-hydrogen) atoms. The van der Waals surface area contributed by atoms with Crippen molar-refractivity contribution in [2.75, 3.05) is 25.6 Å². The van der Waals surface area contributed by atoms with Gasteiger partial charge >= 0.3 is 5.97 Å². The number of amides is 1. The summed E-state index contributed by atoms with van der Waals surface area (Å²) in [4.78, 5) is 24.6. The van der Waals surface area contributed by atoms with Crippen molar-refractivity contribution in [3.05, 3.63) is 47.8 Å². The maximum atomic E-state index is 13.2. The van der Waals surface area contributed by atoms with Crippen molar-refractivity contribution < 1.29 is 32.9 Å². The van der Waals surface area contributed by atoms with E-state index in [2.05, 4.69) is 5.32 Å². The van der Waals surface area contributed by atoms with Crippen LogP contribution in [0, 0.1) is 5.82 Å². The zero-order chi connectivity index (χ0) is 19.4. The number of rotatable bonds is 5. The Balaban J connectivity index is 1.70. The first-order valence-electron chi connectivity index (χ1n) is 8.23. The van der Waals surface area contributed by atoms with Crippen LogP contribution in [0.5, 0.6) is 17.2 Å². The van der Waals surface area contributed by atoms with Crippen molar-refractivity contribution in [1.29, 1.82) is 0 Å². The number of esters is 1. The van der Waals surface area contributed by atoms with Gasteiger partial charge in [0.15, 0.2) is 17.6 Å². The first-order chi connectivity index (χ1) is 13.0. The van der Waals surface area contributed by atoms with Gasteiger partial charge in [0, 0.05) is 5.69 Å². The molecule has 0 aromatic heterocycles. The summed E-state index contributed by atoms with van der Waals surface area (Å²) in [6, 6.07) is 8.33. The van der Waals surface area contributed by atoms with Crippen molar-refractivity contribution >= 4 is 17.6 Å². The first kappa shape index (κ1) is 18.5. The molecule has 0 radical (unpaired) electrons. The molecule has 0 aliphatic carbocycles. The predicted octanol–water partition coefficient (Wildman–Crippen LogP) is 2.79. The van der Waals surface area contributed by atoms with Gasteiger partial charge < -0.3 is 24.3 Å². The lowest BCUT2D eigenvalue weighted by Crippen LogP contribution is -2.30. The van der Waals surface area contributed by atoms with Gasteiger partial charge in [0.05, 0.1) is 12.7 Å². The molecule has 3 rings (SSSR count). The number of hydrogen-bond donors (Lipinski definition) is 1. The van der Waals surface area contributed by atoms with Crippen molar-refractivity contribution in [3.63, 3.8) is 0 Å². The third-order valence-electron chi connectivity index (χ3n) is 3.81. The van der Waals surface area contributed by atoms with Gasteiger partial charge in [0.2, 0.25) is 5.75 Å². The van der Waals surface area contributed by atoms with Crippen LogP contribution in [0.2, 0.25) is 0 Å². The van der Waals surface area contributed by atoms with Crippen LogP contribution in [-0.2, 0) is 9.53 Å². The van der Waals surface area contributed by atoms with Gasteiger partial charge in [-0.25, -0.2) is 9.18 Å². The molecule has 1 N–H and O–H groups in total. The number of fused-ring (bicyclic) bond motifs is 1. The minimum atomic E-state index is -1.10. The van der Waals surface area contributed by atoms with Crippen molar-refractivity contribution in [2.24, 2.45) is 0 Å². The average Bonchev–Trinajstić information content (AvgIpc) is 2.66. The number of anilines is 1. The minimum Gasteiger partial charge on any atom is -0.493 e. The molecule has 7 nitrogen and oxygen atoms in total. The van der Waals surface area contributed by atoms with Crippen LogP contribution >= 0.6 is 0 Å². The van der Waals surface area contributed by atoms with Gasteiger partial charge in [-0.3, -0.25) is 4.79 Å². The van der Waals surface area contributed by atoms with E-state index in [1.165, 1.54) is 44.4 Å². The van der Waals surface area contributed by atoms with Gasteiger partial charge in [-0.1, -0.05) is 6.07 Å². The highest BCUT2D eigenvalue weighted by atomic mass is 19.1. The average molecular weight is 375 g/mol. The standard InChI is InChI=1S/C19H18FNO6/c1-11(18(22)21-14-5-3-4-13(20)10-14)27-19(23)12-8-15(24-2)17-16(9-12)25-6-7-26-17/h3-5,8-11H,6-7H2,1-2H3,(H,21,22)/t11-/m1/s1. The van der Waals surface area contributed by atoms with E-state index in [1.807, 2.05) is 0 Å². The molecule has 0 saturated carbocycles. The Bertz CT molecular complexity index is 852. The molecule has 0 spiro atoms. The smallest absolute Gasteiger partial charge is 0.339 e. The van der Waals surface area contributed by atoms with E-state index in [0.717, 1.165) is 6.07 Å². The Hall–Kier alpha value is -3.29. The van der Waals surface area contributed by atoms with Gasteiger partial charge in [0.1, 0.15) is 19.0 Å². The molecule has 142 valence electrons. The van der Waals surface area contributed by atoms with Gasteiger partial charge in [0.25, 0.3) is 5.91 Å². The largest absolute Gasteiger partial charge is 0.493 e. The molecule has 1 atom stereocenters. The lowest BCUT2D eigenvalue weighted by Gasteiger charge is -2.21. The quantitative estimate of drug-likeness (QED) is 0.809. The zero-order valence-corrected chi connectivity index (χ0v) is 14.8. The Morgan fingerprint density at radius 1 is 1.19 bits per heavy atom. The van der Waals surface area contributed by atoms with E-state index in [9.17, 15) is 14.0 Å². The summed E-state index contributed by atoms with van der Waals surface area (Å²) in [6.45, 7) is 2.15. The van der Waals surface area contributed by atoms with Crippen LogP contribution in [0.3, 0.4) is 0 Å². The zero-order valence-electron chi connectivity index (χ0n) is 14.8. The van der Waals surface area contributed by atoms with Crippen molar-refractivity contribution in [2.45, 2.75) is 13.0 Å². The molecule has 2 aromatic carbocycles. The van der Waals surface area contributed by atoms with Gasteiger partial charge in [-0.05, 0) is 37.3 Å². The summed E-state index contributed by atoms with van der Waals surface area (Å²) >= 11 is 0. The minimum absolute atomic E-state index is 0.154. The number of carbonyl (C=O) groups excluding carboxylic acids is 2. The fourth-order valence-corrected chi connectivity index (χ4v) is 2.48. The second-order valence-electron chi connectivity index (χ2n) is 5.75. The topological polar surface area (TPSA) is 83.1 Å². The molecule has 0 bridgehead atoms. The highest BCUT2D eigenvalue weighted by Crippen LogP contribution is 2.40. The molecule has 1 amide bonds. The van der Waals surface area contributed by atoms with E-state index in [4.69, 9.17) is 18.9 Å². The van der Waals surface area contributed by atoms with Crippen molar-refractivity contribution in [3.8, 4) is 17.2 Å². The highest BCUT2D eigenvalue weighted by Gasteiger charge is 2.24. The molecule has 1 heterocycles. The van der Waals surface area contributed by atoms with Crippen LogP contribution in [0.1, 0.15) is 17.3 Å². The number of carbonyl (C=O) groups is 2. The Labute approximate surface area is 155 Å². The fourth-order valence-electron chi connectivity index (χ4n) is 2.48. The molecule has 0 fully saturated rings. The SMILES string of the molecule is COc1cc(C(=O)O[C@H](C)C(=O)Nc2cccc(F)c2)cc2c1OCCO2. The highest BCUT2D eigenvalue weighted by molar-refractivity contribution is 5.97. The third-order valence-corrected chi connectivity index (χ3v) is 3.81. The number of halogens is 1. The molecule has 8 heteroatoms. The lowest BCUT2D eigenvalue weighted by molar-refractivity contribution is -0.123. The third kappa shape index (κ3) is 4.28. The van der Waals surface area contributed by atoms with Gasteiger partial charge in [-0.2, -0.15) is 0 Å². The van der Waals surface area contributed by atoms with E-state index in [-0.39, 0.29) is 11.3 Å². The molecular weight excluding hydrogens is 357 g/mol. The Morgan fingerprint density at radius 2 is 1.96 bits per heavy atom. The predicted molar refractivity (Wildman–Crippen MR) is 93.9 cm³/mol. The van der Waals surface area contributed by atoms with E-state index in [0.29, 0.717) is 30.5 Å². The molecule has 1 aliphatic heterocycles. The number of methoxy groups -OCH3 is 1. The monoisotopic (exact) mass is 375 g/mol. The molecular formula is C19H18FNO6. The molecule has 0 saturated heterocycles. The maximum Gasteiger partial charge on any atom is 0.339 e. The van der Waals surface area contributed by atoms with Crippen LogP contribution < -0.4 is 19.5 Å². The molecule has 0 unspecified atom stereocenters. The van der Waals surface area contributed by atoms with Crippen LogP contribution in [0.15, 0.2) is 36.4 Å². The number of ether oxygens (including phenoxy) is 4. The summed E-state index contributed by atoms with van der Waals surface area (Å²) in [5, 5.41) is 2.49. The summed E-state index contributed by atoms with van der Waals surface area (Å²) in [5.41, 5.74) is 0.422. The molecule has 2 aromatic rings. The Morgan fingerprint density at radius 3 is 2.70 bits per heavy atom.